The van der Waals surface area contributed by atoms with E-state index in [1.807, 2.05) is 24.3 Å². The highest BCUT2D eigenvalue weighted by atomic mass is 16.5. The second-order valence-electron chi connectivity index (χ2n) is 5.20. The molecule has 102 valence electrons. The first-order valence-corrected chi connectivity index (χ1v) is 6.59. The number of hydrogen-bond donors (Lipinski definition) is 0. The predicted octanol–water partition coefficient (Wildman–Crippen LogP) is 1.66. The minimum atomic E-state index is -0.298. The highest BCUT2D eigenvalue weighted by Crippen LogP contribution is 2.15. The molecule has 0 N–H and O–H groups in total. The van der Waals surface area contributed by atoms with E-state index in [9.17, 15) is 4.79 Å². The third-order valence-corrected chi connectivity index (χ3v) is 3.41. The van der Waals surface area contributed by atoms with Crippen LogP contribution in [0, 0.1) is 0 Å². The molecule has 0 spiro atoms. The van der Waals surface area contributed by atoms with Gasteiger partial charge in [0.05, 0.1) is 24.4 Å². The molecule has 0 radical (unpaired) electrons. The largest absolute Gasteiger partial charge is 0.421 e. The molecule has 2 heterocycles. The minimum Gasteiger partial charge on any atom is -0.408 e. The van der Waals surface area contributed by atoms with Crippen molar-refractivity contribution in [2.24, 2.45) is 0 Å². The molecule has 1 aromatic heterocycles. The molecule has 0 saturated carbocycles. The fraction of sp³-hybridized carbons (Fsp3) is 0.500. The fourth-order valence-electron chi connectivity index (χ4n) is 2.75. The molecular formula is C14H18N2O3. The summed E-state index contributed by atoms with van der Waals surface area (Å²) in [6.45, 7) is 6.32. The normalized spacial score (nSPS) is 24.9. The molecule has 0 aliphatic carbocycles. The monoisotopic (exact) mass is 262 g/mol. The van der Waals surface area contributed by atoms with Crippen LogP contribution in [0.15, 0.2) is 33.5 Å². The molecule has 1 saturated heterocycles. The van der Waals surface area contributed by atoms with E-state index in [1.165, 1.54) is 0 Å². The quantitative estimate of drug-likeness (QED) is 0.826. The minimum absolute atomic E-state index is 0.192. The second-order valence-corrected chi connectivity index (χ2v) is 5.20. The lowest BCUT2D eigenvalue weighted by atomic mass is 10.2. The van der Waals surface area contributed by atoms with Gasteiger partial charge in [-0.1, -0.05) is 12.1 Å². The van der Waals surface area contributed by atoms with E-state index < -0.39 is 0 Å². The van der Waals surface area contributed by atoms with Crippen molar-refractivity contribution in [1.29, 1.82) is 0 Å². The summed E-state index contributed by atoms with van der Waals surface area (Å²) >= 11 is 0. The van der Waals surface area contributed by atoms with E-state index in [0.29, 0.717) is 12.3 Å². The number of para-hydroxylation sites is 2. The van der Waals surface area contributed by atoms with Crippen LogP contribution in [0.1, 0.15) is 13.8 Å². The van der Waals surface area contributed by atoms with Crippen molar-refractivity contribution >= 4 is 11.1 Å². The van der Waals surface area contributed by atoms with Crippen LogP contribution in [0.2, 0.25) is 0 Å². The van der Waals surface area contributed by atoms with Gasteiger partial charge in [-0.2, -0.15) is 0 Å². The zero-order valence-corrected chi connectivity index (χ0v) is 11.2. The molecule has 0 amide bonds. The van der Waals surface area contributed by atoms with Gasteiger partial charge in [-0.3, -0.25) is 9.47 Å². The van der Waals surface area contributed by atoms with Gasteiger partial charge in [-0.15, -0.1) is 0 Å². The lowest BCUT2D eigenvalue weighted by molar-refractivity contribution is -0.0766. The number of rotatable bonds is 2. The average Bonchev–Trinajstić information content (AvgIpc) is 2.65. The predicted molar refractivity (Wildman–Crippen MR) is 72.1 cm³/mol. The average molecular weight is 262 g/mol. The number of morpholine rings is 1. The molecule has 1 fully saturated rings. The van der Waals surface area contributed by atoms with Crippen molar-refractivity contribution in [2.75, 3.05) is 13.1 Å². The van der Waals surface area contributed by atoms with Crippen LogP contribution in [0.25, 0.3) is 11.1 Å². The molecule has 0 bridgehead atoms. The molecule has 1 aliphatic rings. The van der Waals surface area contributed by atoms with Crippen molar-refractivity contribution in [1.82, 2.24) is 9.47 Å². The maximum atomic E-state index is 11.9. The molecule has 5 nitrogen and oxygen atoms in total. The van der Waals surface area contributed by atoms with Crippen LogP contribution in [-0.4, -0.2) is 34.8 Å². The van der Waals surface area contributed by atoms with E-state index in [-0.39, 0.29) is 18.0 Å². The molecular weight excluding hydrogens is 244 g/mol. The molecule has 2 aromatic rings. The number of benzene rings is 1. The fourth-order valence-corrected chi connectivity index (χ4v) is 2.75. The second kappa shape index (κ2) is 4.83. The topological polar surface area (TPSA) is 47.6 Å². The standard InChI is InChI=1S/C14H18N2O3/c1-10-7-15(8-11(2)18-10)9-16-12-5-3-4-6-13(12)19-14(16)17/h3-6,10-11H,7-9H2,1-2H3. The number of aromatic nitrogens is 1. The van der Waals surface area contributed by atoms with Gasteiger partial charge in [0, 0.05) is 13.1 Å². The third-order valence-electron chi connectivity index (χ3n) is 3.41. The highest BCUT2D eigenvalue weighted by Gasteiger charge is 2.23. The van der Waals surface area contributed by atoms with E-state index in [4.69, 9.17) is 9.15 Å². The summed E-state index contributed by atoms with van der Waals surface area (Å²) in [7, 11) is 0. The van der Waals surface area contributed by atoms with Crippen LogP contribution in [0.5, 0.6) is 0 Å². The van der Waals surface area contributed by atoms with Crippen LogP contribution >= 0.6 is 0 Å². The van der Waals surface area contributed by atoms with E-state index in [2.05, 4.69) is 18.7 Å². The summed E-state index contributed by atoms with van der Waals surface area (Å²) in [5.74, 6) is -0.298. The van der Waals surface area contributed by atoms with Gasteiger partial charge in [0.1, 0.15) is 0 Å². The Labute approximate surface area is 111 Å². The van der Waals surface area contributed by atoms with Gasteiger partial charge in [-0.25, -0.2) is 4.79 Å². The molecule has 3 rings (SSSR count). The number of ether oxygens (including phenoxy) is 1. The lowest BCUT2D eigenvalue weighted by Gasteiger charge is -2.35. The number of oxazole rings is 1. The molecule has 2 atom stereocenters. The first-order valence-electron chi connectivity index (χ1n) is 6.59. The van der Waals surface area contributed by atoms with Crippen LogP contribution in [-0.2, 0) is 11.4 Å². The van der Waals surface area contributed by atoms with E-state index in [1.54, 1.807) is 4.57 Å². The zero-order valence-electron chi connectivity index (χ0n) is 11.2. The van der Waals surface area contributed by atoms with Crippen molar-refractivity contribution in [3.63, 3.8) is 0 Å². The Morgan fingerprint density at radius 2 is 1.89 bits per heavy atom. The van der Waals surface area contributed by atoms with Gasteiger partial charge in [0.2, 0.25) is 0 Å². The Hall–Kier alpha value is -1.59. The first-order chi connectivity index (χ1) is 9.13. The van der Waals surface area contributed by atoms with Crippen LogP contribution in [0.3, 0.4) is 0 Å². The van der Waals surface area contributed by atoms with Crippen LogP contribution in [0.4, 0.5) is 0 Å². The lowest BCUT2D eigenvalue weighted by Crippen LogP contribution is -2.46. The van der Waals surface area contributed by atoms with E-state index in [0.717, 1.165) is 18.6 Å². The smallest absolute Gasteiger partial charge is 0.408 e. The van der Waals surface area contributed by atoms with Crippen molar-refractivity contribution in [3.05, 3.63) is 34.8 Å². The summed E-state index contributed by atoms with van der Waals surface area (Å²) < 4.78 is 12.6. The third kappa shape index (κ3) is 2.43. The van der Waals surface area contributed by atoms with Gasteiger partial charge in [-0.05, 0) is 26.0 Å². The van der Waals surface area contributed by atoms with Gasteiger partial charge < -0.3 is 9.15 Å². The molecule has 2 unspecified atom stereocenters. The molecule has 1 aromatic carbocycles. The van der Waals surface area contributed by atoms with Crippen molar-refractivity contribution < 1.29 is 9.15 Å². The number of hydrogen-bond acceptors (Lipinski definition) is 4. The van der Waals surface area contributed by atoms with Gasteiger partial charge >= 0.3 is 5.76 Å². The summed E-state index contributed by atoms with van der Waals surface area (Å²) in [5, 5.41) is 0. The van der Waals surface area contributed by atoms with Crippen LogP contribution < -0.4 is 5.76 Å². The maximum Gasteiger partial charge on any atom is 0.421 e. The van der Waals surface area contributed by atoms with Crippen molar-refractivity contribution in [3.8, 4) is 0 Å². The first kappa shape index (κ1) is 12.4. The van der Waals surface area contributed by atoms with Crippen molar-refractivity contribution in [2.45, 2.75) is 32.7 Å². The Balaban J connectivity index is 1.89. The Kier molecular flexibility index (Phi) is 3.16. The molecule has 19 heavy (non-hydrogen) atoms. The van der Waals surface area contributed by atoms with E-state index >= 15 is 0 Å². The zero-order chi connectivity index (χ0) is 13.4. The summed E-state index contributed by atoms with van der Waals surface area (Å²) in [5.41, 5.74) is 1.49. The Morgan fingerprint density at radius 1 is 1.21 bits per heavy atom. The molecule has 5 heteroatoms. The Morgan fingerprint density at radius 3 is 2.63 bits per heavy atom. The SMILES string of the molecule is CC1CN(Cn2c(=O)oc3ccccc32)CC(C)O1. The number of fused-ring (bicyclic) bond motifs is 1. The summed E-state index contributed by atoms with van der Waals surface area (Å²) in [4.78, 5) is 14.1. The van der Waals surface area contributed by atoms with Gasteiger partial charge in [0.25, 0.3) is 0 Å². The summed E-state index contributed by atoms with van der Waals surface area (Å²) in [6, 6.07) is 7.51. The maximum absolute atomic E-state index is 11.9. The highest BCUT2D eigenvalue weighted by molar-refractivity contribution is 5.72. The molecule has 1 aliphatic heterocycles. The Bertz CT molecular complexity index is 621. The number of nitrogens with zero attached hydrogens (tertiary/aromatic N) is 2. The summed E-state index contributed by atoms with van der Waals surface area (Å²) in [6.07, 6.45) is 0.384. The van der Waals surface area contributed by atoms with Gasteiger partial charge in [0.15, 0.2) is 5.58 Å².